The molecule has 14 aromatic carbocycles. The molecule has 5 heterocycles. The second kappa shape index (κ2) is 19.5. The lowest BCUT2D eigenvalue weighted by Gasteiger charge is -2.14. The first-order valence-electron chi connectivity index (χ1n) is 30.5. The Kier molecular flexibility index (Phi) is 10.9. The van der Waals surface area contributed by atoms with Gasteiger partial charge in [-0.15, -0.1) is 11.3 Å². The number of rotatable bonds is 8. The van der Waals surface area contributed by atoms with E-state index in [2.05, 4.69) is 334 Å². The van der Waals surface area contributed by atoms with Gasteiger partial charge in [-0.25, -0.2) is 0 Å². The van der Waals surface area contributed by atoms with Crippen LogP contribution in [0.4, 0.5) is 0 Å². The maximum absolute atomic E-state index is 2.51. The zero-order valence-electron chi connectivity index (χ0n) is 48.2. The Morgan fingerprint density at radius 2 is 0.483 bits per heavy atom. The molecule has 5 aromatic heterocycles. The van der Waals surface area contributed by atoms with Crippen LogP contribution in [0.5, 0.6) is 0 Å². The second-order valence-electron chi connectivity index (χ2n) is 23.6. The number of nitrogens with zero attached hydrogens (tertiary/aromatic N) is 4. The molecule has 0 fully saturated rings. The molecule has 89 heavy (non-hydrogen) atoms. The van der Waals surface area contributed by atoms with E-state index in [0.717, 1.165) is 44.9 Å². The molecule has 0 amide bonds. The van der Waals surface area contributed by atoms with Crippen LogP contribution in [0.15, 0.2) is 315 Å². The Balaban J connectivity index is 0.827. The molecule has 19 aromatic rings. The maximum atomic E-state index is 2.51. The highest BCUT2D eigenvalue weighted by molar-refractivity contribution is 7.25. The van der Waals surface area contributed by atoms with Crippen molar-refractivity contribution in [3.05, 3.63) is 315 Å². The summed E-state index contributed by atoms with van der Waals surface area (Å²) >= 11 is 1.88. The van der Waals surface area contributed by atoms with Crippen molar-refractivity contribution in [1.82, 2.24) is 18.3 Å². The molecule has 0 saturated heterocycles. The van der Waals surface area contributed by atoms with Gasteiger partial charge in [-0.3, -0.25) is 0 Å². The van der Waals surface area contributed by atoms with Crippen molar-refractivity contribution in [2.75, 3.05) is 0 Å². The van der Waals surface area contributed by atoms with Gasteiger partial charge in [0, 0.05) is 86.0 Å². The summed E-state index contributed by atoms with van der Waals surface area (Å²) in [5.41, 5.74) is 23.4. The van der Waals surface area contributed by atoms with E-state index in [9.17, 15) is 0 Å². The molecule has 0 N–H and O–H groups in total. The monoisotopic (exact) mass is 1150 g/mol. The molecule has 0 spiro atoms. The second-order valence-corrected chi connectivity index (χ2v) is 24.7. The summed E-state index contributed by atoms with van der Waals surface area (Å²) in [5.74, 6) is 0. The van der Waals surface area contributed by atoms with Crippen LogP contribution < -0.4 is 0 Å². The van der Waals surface area contributed by atoms with Gasteiger partial charge in [-0.2, -0.15) is 0 Å². The fraction of sp³-hybridized carbons (Fsp3) is 0. The van der Waals surface area contributed by atoms with Crippen LogP contribution in [-0.4, -0.2) is 18.3 Å². The van der Waals surface area contributed by atoms with E-state index < -0.39 is 0 Å². The van der Waals surface area contributed by atoms with E-state index in [0.29, 0.717) is 0 Å². The summed E-state index contributed by atoms with van der Waals surface area (Å²) in [6.07, 6.45) is 0. The van der Waals surface area contributed by atoms with Gasteiger partial charge >= 0.3 is 0 Å². The van der Waals surface area contributed by atoms with Crippen molar-refractivity contribution in [1.29, 1.82) is 0 Å². The number of hydrogen-bond acceptors (Lipinski definition) is 1. The van der Waals surface area contributed by atoms with E-state index in [4.69, 9.17) is 0 Å². The van der Waals surface area contributed by atoms with Crippen molar-refractivity contribution in [2.45, 2.75) is 0 Å². The van der Waals surface area contributed by atoms with E-state index in [1.54, 1.807) is 0 Å². The average molecular weight is 1150 g/mol. The van der Waals surface area contributed by atoms with Crippen molar-refractivity contribution >= 4 is 119 Å². The van der Waals surface area contributed by atoms with Crippen LogP contribution >= 0.6 is 11.3 Å². The first-order valence-corrected chi connectivity index (χ1v) is 31.4. The minimum atomic E-state index is 1.12. The number of para-hydroxylation sites is 4. The van der Waals surface area contributed by atoms with Gasteiger partial charge in [-0.05, 0) is 184 Å². The highest BCUT2D eigenvalue weighted by Crippen LogP contribution is 2.46. The van der Waals surface area contributed by atoms with Crippen molar-refractivity contribution in [3.8, 4) is 67.3 Å². The topological polar surface area (TPSA) is 19.7 Å². The van der Waals surface area contributed by atoms with E-state index in [1.807, 2.05) is 11.3 Å². The van der Waals surface area contributed by atoms with Crippen LogP contribution in [0.1, 0.15) is 0 Å². The third-order valence-electron chi connectivity index (χ3n) is 18.7. The molecule has 0 aliphatic carbocycles. The Labute approximate surface area is 516 Å². The molecule has 0 radical (unpaired) electrons. The minimum Gasteiger partial charge on any atom is -0.309 e. The molecule has 5 heteroatoms. The molecule has 0 unspecified atom stereocenters. The van der Waals surface area contributed by atoms with Crippen LogP contribution in [0.3, 0.4) is 0 Å². The Morgan fingerprint density at radius 3 is 0.944 bits per heavy atom. The summed E-state index contributed by atoms with van der Waals surface area (Å²) in [5, 5.41) is 12.4. The normalized spacial score (nSPS) is 12.0. The smallest absolute Gasteiger partial charge is 0.0548 e. The van der Waals surface area contributed by atoms with Gasteiger partial charge < -0.3 is 18.3 Å². The molecule has 0 aliphatic heterocycles. The lowest BCUT2D eigenvalue weighted by Crippen LogP contribution is -1.96. The van der Waals surface area contributed by atoms with Gasteiger partial charge in [0.05, 0.1) is 44.1 Å². The highest BCUT2D eigenvalue weighted by atomic mass is 32.1. The van der Waals surface area contributed by atoms with Crippen molar-refractivity contribution in [2.24, 2.45) is 0 Å². The van der Waals surface area contributed by atoms with Gasteiger partial charge in [0.15, 0.2) is 0 Å². The number of fused-ring (bicyclic) bond motifs is 15. The summed E-state index contributed by atoms with van der Waals surface area (Å²) in [6, 6.07) is 117. The number of benzene rings is 14. The Morgan fingerprint density at radius 1 is 0.157 bits per heavy atom. The molecule has 0 aliphatic rings. The summed E-state index contributed by atoms with van der Waals surface area (Å²) in [6.45, 7) is 0. The molecular formula is C84H52N4S. The average Bonchev–Trinajstić information content (AvgIpc) is 1.59. The van der Waals surface area contributed by atoms with Gasteiger partial charge in [0.25, 0.3) is 0 Å². The molecular weight excluding hydrogens is 1100 g/mol. The Hall–Kier alpha value is -11.5. The molecule has 4 nitrogen and oxygen atoms in total. The van der Waals surface area contributed by atoms with Crippen molar-refractivity contribution < 1.29 is 0 Å². The van der Waals surface area contributed by atoms with Gasteiger partial charge in [0.1, 0.15) is 0 Å². The molecule has 414 valence electrons. The molecule has 0 atom stereocenters. The van der Waals surface area contributed by atoms with E-state index in [1.165, 1.54) is 130 Å². The van der Waals surface area contributed by atoms with E-state index in [-0.39, 0.29) is 0 Å². The van der Waals surface area contributed by atoms with Crippen LogP contribution in [0.25, 0.3) is 175 Å². The fourth-order valence-corrected chi connectivity index (χ4v) is 15.8. The quantitative estimate of drug-likeness (QED) is 0.144. The van der Waals surface area contributed by atoms with Gasteiger partial charge in [-0.1, -0.05) is 176 Å². The van der Waals surface area contributed by atoms with Crippen LogP contribution in [0, 0.1) is 0 Å². The standard InChI is InChI=1S/C84H52N4S/c1-6-20-53(21-7-1)59-42-60(54-22-8-2-9-23-54)44-64(43-59)88-79-41-37-57(47-69(79)72-50-80-71(49-81(72)88)65-30-16-18-32-75(65)86(80)62-26-12-4-13-27-62)55-34-38-76-67(45-55)68-46-56(35-39-77(68)85(76)61-24-10-3-11-25-61)58-36-40-78-70(48-58)73-52-84-74(66-31-17-19-33-83(66)89-84)51-82(73)87(78)63-28-14-5-15-29-63/h1-52H. The summed E-state index contributed by atoms with van der Waals surface area (Å²) in [4.78, 5) is 0. The molecule has 0 saturated carbocycles. The largest absolute Gasteiger partial charge is 0.309 e. The van der Waals surface area contributed by atoms with Crippen LogP contribution in [-0.2, 0) is 0 Å². The third kappa shape index (κ3) is 7.72. The third-order valence-corrected chi connectivity index (χ3v) is 19.8. The first-order chi connectivity index (χ1) is 44.1. The molecule has 19 rings (SSSR count). The predicted molar refractivity (Wildman–Crippen MR) is 378 cm³/mol. The molecule has 0 bridgehead atoms. The zero-order chi connectivity index (χ0) is 58.3. The number of thiophene rings is 1. The lowest BCUT2D eigenvalue weighted by molar-refractivity contribution is 1.17. The Bertz CT molecular complexity index is 6010. The summed E-state index contributed by atoms with van der Waals surface area (Å²) < 4.78 is 12.5. The van der Waals surface area contributed by atoms with Crippen LogP contribution in [0.2, 0.25) is 0 Å². The van der Waals surface area contributed by atoms with Gasteiger partial charge in [0.2, 0.25) is 0 Å². The lowest BCUT2D eigenvalue weighted by atomic mass is 9.98. The predicted octanol–water partition coefficient (Wildman–Crippen LogP) is 23.1. The van der Waals surface area contributed by atoms with Crippen molar-refractivity contribution in [3.63, 3.8) is 0 Å². The maximum Gasteiger partial charge on any atom is 0.0548 e. The minimum absolute atomic E-state index is 1.12. The zero-order valence-corrected chi connectivity index (χ0v) is 49.0. The van der Waals surface area contributed by atoms with E-state index >= 15 is 0 Å². The number of hydrogen-bond donors (Lipinski definition) is 0. The summed E-state index contributed by atoms with van der Waals surface area (Å²) in [7, 11) is 0. The fourth-order valence-electron chi connectivity index (χ4n) is 14.6. The first kappa shape index (κ1) is 49.7. The highest BCUT2D eigenvalue weighted by Gasteiger charge is 2.23. The SMILES string of the molecule is c1ccc(-c2cc(-c3ccccc3)cc(-n3c4ccc(-c5ccc6c(c5)c5cc(-c7ccc8c(c7)c7cc9sc%10ccccc%10c9cc7n8-c7ccccc7)ccc5n6-c5ccccc5)cc4c4cc5c(cc43)c3ccccc3n5-c3ccccc3)c2)cc1. The number of aromatic nitrogens is 4.